The third-order valence-electron chi connectivity index (χ3n) is 2.65. The quantitative estimate of drug-likeness (QED) is 0.302. The van der Waals surface area contributed by atoms with E-state index in [2.05, 4.69) is 35.9 Å². The van der Waals surface area contributed by atoms with Crippen molar-refractivity contribution in [3.63, 3.8) is 0 Å². The summed E-state index contributed by atoms with van der Waals surface area (Å²) in [6.45, 7) is 6.05. The predicted octanol–water partition coefficient (Wildman–Crippen LogP) is 0.671. The van der Waals surface area contributed by atoms with Crippen molar-refractivity contribution < 1.29 is 29.0 Å². The number of aliphatic carboxylic acids is 1. The molecule has 10 heteroatoms. The van der Waals surface area contributed by atoms with Crippen LogP contribution in [0.5, 0.6) is 0 Å². The largest absolute Gasteiger partial charge is 0.480 e. The minimum Gasteiger partial charge on any atom is -0.480 e. The highest BCUT2D eigenvalue weighted by Gasteiger charge is 2.34. The average molecular weight is 368 g/mol. The molecule has 0 radical (unpaired) electrons. The fourth-order valence-corrected chi connectivity index (χ4v) is 1.93. The number of carboxylic acids is 1. The standard InChI is InChI=1S/C13H24N2O6S2/c1-7(16)14-9(6-22)5-20-8(2)21-12(19)15-10(11(17)18)13(3,4)23/h8-10,22-23H,5-6H2,1-4H3,(H,14,16)(H,15,19)(H,17,18)/t8?,9-,10+/m1/s1. The van der Waals surface area contributed by atoms with Crippen molar-refractivity contribution in [1.82, 2.24) is 10.6 Å². The van der Waals surface area contributed by atoms with Gasteiger partial charge in [0, 0.05) is 17.4 Å². The van der Waals surface area contributed by atoms with Crippen LogP contribution in [-0.2, 0) is 19.1 Å². The Kier molecular flexibility index (Phi) is 9.40. The first-order valence-corrected chi connectivity index (χ1v) is 7.97. The van der Waals surface area contributed by atoms with E-state index in [4.69, 9.17) is 14.6 Å². The summed E-state index contributed by atoms with van der Waals surface area (Å²) in [5.41, 5.74) is 0. The zero-order valence-corrected chi connectivity index (χ0v) is 15.3. The second kappa shape index (κ2) is 9.89. The summed E-state index contributed by atoms with van der Waals surface area (Å²) in [4.78, 5) is 33.8. The normalized spacial score (nSPS) is 15.2. The fourth-order valence-electron chi connectivity index (χ4n) is 1.56. The minimum atomic E-state index is -1.23. The molecule has 0 bridgehead atoms. The summed E-state index contributed by atoms with van der Waals surface area (Å²) >= 11 is 8.21. The van der Waals surface area contributed by atoms with E-state index in [0.29, 0.717) is 5.75 Å². The molecule has 0 aromatic rings. The van der Waals surface area contributed by atoms with Crippen LogP contribution in [0, 0.1) is 0 Å². The summed E-state index contributed by atoms with van der Waals surface area (Å²) in [5, 5.41) is 13.9. The smallest absolute Gasteiger partial charge is 0.410 e. The van der Waals surface area contributed by atoms with E-state index in [1.165, 1.54) is 13.8 Å². The number of hydrogen-bond donors (Lipinski definition) is 5. The van der Waals surface area contributed by atoms with Crippen LogP contribution in [0.4, 0.5) is 4.79 Å². The maximum atomic E-state index is 11.7. The Bertz CT molecular complexity index is 427. The van der Waals surface area contributed by atoms with Crippen molar-refractivity contribution in [2.24, 2.45) is 0 Å². The lowest BCUT2D eigenvalue weighted by molar-refractivity contribution is -0.140. The van der Waals surface area contributed by atoms with E-state index in [1.807, 2.05) is 0 Å². The van der Waals surface area contributed by atoms with Gasteiger partial charge in [-0.25, -0.2) is 9.59 Å². The summed E-state index contributed by atoms with van der Waals surface area (Å²) in [7, 11) is 0. The number of nitrogens with one attached hydrogen (secondary N) is 2. The van der Waals surface area contributed by atoms with Gasteiger partial charge in [0.15, 0.2) is 0 Å². The SMILES string of the molecule is CC(=O)N[C@@H](CS)COC(C)OC(=O)N[C@@H](C(=O)O)C(C)(C)S. The van der Waals surface area contributed by atoms with Gasteiger partial charge in [-0.2, -0.15) is 25.3 Å². The Balaban J connectivity index is 4.38. The molecule has 8 nitrogen and oxygen atoms in total. The molecular formula is C13H24N2O6S2. The van der Waals surface area contributed by atoms with E-state index in [-0.39, 0.29) is 18.6 Å². The maximum absolute atomic E-state index is 11.7. The zero-order chi connectivity index (χ0) is 18.2. The number of carboxylic acid groups (broad SMARTS) is 1. The topological polar surface area (TPSA) is 114 Å². The van der Waals surface area contributed by atoms with Crippen LogP contribution >= 0.6 is 25.3 Å². The summed E-state index contributed by atoms with van der Waals surface area (Å²) in [5.74, 6) is -1.09. The Morgan fingerprint density at radius 1 is 1.26 bits per heavy atom. The Morgan fingerprint density at radius 2 is 1.83 bits per heavy atom. The Morgan fingerprint density at radius 3 is 2.22 bits per heavy atom. The van der Waals surface area contributed by atoms with Crippen LogP contribution in [-0.4, -0.2) is 58.6 Å². The molecule has 0 aliphatic carbocycles. The van der Waals surface area contributed by atoms with E-state index < -0.39 is 29.1 Å². The highest BCUT2D eigenvalue weighted by Crippen LogP contribution is 2.18. The number of ether oxygens (including phenoxy) is 2. The Hall–Kier alpha value is -1.13. The van der Waals surface area contributed by atoms with Gasteiger partial charge in [-0.15, -0.1) is 0 Å². The first-order chi connectivity index (χ1) is 10.5. The molecule has 3 N–H and O–H groups in total. The monoisotopic (exact) mass is 368 g/mol. The molecule has 0 rings (SSSR count). The summed E-state index contributed by atoms with van der Waals surface area (Å²) in [6.07, 6.45) is -1.86. The Labute approximate surface area is 146 Å². The molecule has 0 spiro atoms. The molecule has 0 aliphatic heterocycles. The fraction of sp³-hybridized carbons (Fsp3) is 0.769. The molecule has 0 aliphatic rings. The van der Waals surface area contributed by atoms with Crippen LogP contribution in [0.1, 0.15) is 27.7 Å². The van der Waals surface area contributed by atoms with Gasteiger partial charge >= 0.3 is 12.1 Å². The molecule has 2 amide bonds. The first kappa shape index (κ1) is 21.9. The summed E-state index contributed by atoms with van der Waals surface area (Å²) < 4.78 is 9.23. The van der Waals surface area contributed by atoms with E-state index in [0.717, 1.165) is 0 Å². The number of carbonyl (C=O) groups excluding carboxylic acids is 2. The lowest BCUT2D eigenvalue weighted by atomic mass is 10.0. The average Bonchev–Trinajstić information content (AvgIpc) is 2.38. The van der Waals surface area contributed by atoms with Gasteiger partial charge in [-0.1, -0.05) is 0 Å². The van der Waals surface area contributed by atoms with Crippen LogP contribution in [0.2, 0.25) is 0 Å². The summed E-state index contributed by atoms with van der Waals surface area (Å²) in [6, 6.07) is -1.55. The van der Waals surface area contributed by atoms with Gasteiger partial charge in [0.2, 0.25) is 12.2 Å². The number of thiol groups is 2. The molecule has 3 atom stereocenters. The predicted molar refractivity (Wildman–Crippen MR) is 91.0 cm³/mol. The van der Waals surface area contributed by atoms with E-state index in [9.17, 15) is 14.4 Å². The lowest BCUT2D eigenvalue weighted by Crippen LogP contribution is -2.52. The third-order valence-corrected chi connectivity index (χ3v) is 3.35. The molecule has 0 aromatic carbocycles. The number of hydrogen-bond acceptors (Lipinski definition) is 7. The van der Waals surface area contributed by atoms with Gasteiger partial charge in [-0.3, -0.25) is 4.79 Å². The number of rotatable bonds is 9. The van der Waals surface area contributed by atoms with Gasteiger partial charge in [0.05, 0.1) is 12.6 Å². The van der Waals surface area contributed by atoms with Crippen LogP contribution in [0.3, 0.4) is 0 Å². The zero-order valence-electron chi connectivity index (χ0n) is 13.5. The molecule has 0 saturated heterocycles. The molecule has 23 heavy (non-hydrogen) atoms. The lowest BCUT2D eigenvalue weighted by Gasteiger charge is -2.27. The molecule has 0 aromatic heterocycles. The maximum Gasteiger partial charge on any atom is 0.410 e. The van der Waals surface area contributed by atoms with Crippen molar-refractivity contribution in [3.8, 4) is 0 Å². The van der Waals surface area contributed by atoms with Gasteiger partial charge in [0.1, 0.15) is 6.04 Å². The van der Waals surface area contributed by atoms with Crippen molar-refractivity contribution in [3.05, 3.63) is 0 Å². The number of amides is 2. The molecule has 1 unspecified atom stereocenters. The van der Waals surface area contributed by atoms with Gasteiger partial charge < -0.3 is 25.2 Å². The highest BCUT2D eigenvalue weighted by molar-refractivity contribution is 7.81. The second-order valence-electron chi connectivity index (χ2n) is 5.46. The van der Waals surface area contributed by atoms with Gasteiger partial charge in [0.25, 0.3) is 0 Å². The van der Waals surface area contributed by atoms with Crippen molar-refractivity contribution in [2.75, 3.05) is 12.4 Å². The first-order valence-electron chi connectivity index (χ1n) is 6.89. The number of carbonyl (C=O) groups is 3. The second-order valence-corrected chi connectivity index (χ2v) is 6.97. The van der Waals surface area contributed by atoms with E-state index >= 15 is 0 Å². The van der Waals surface area contributed by atoms with Crippen molar-refractivity contribution in [1.29, 1.82) is 0 Å². The van der Waals surface area contributed by atoms with Crippen molar-refractivity contribution in [2.45, 2.75) is 50.8 Å². The molecule has 0 heterocycles. The molecular weight excluding hydrogens is 344 g/mol. The molecule has 0 fully saturated rings. The third kappa shape index (κ3) is 9.57. The van der Waals surface area contributed by atoms with Crippen LogP contribution in [0.15, 0.2) is 0 Å². The van der Waals surface area contributed by atoms with Gasteiger partial charge in [-0.05, 0) is 20.8 Å². The van der Waals surface area contributed by atoms with Crippen LogP contribution < -0.4 is 10.6 Å². The van der Waals surface area contributed by atoms with Crippen molar-refractivity contribution >= 4 is 43.2 Å². The van der Waals surface area contributed by atoms with E-state index in [1.54, 1.807) is 13.8 Å². The van der Waals surface area contributed by atoms with Crippen LogP contribution in [0.25, 0.3) is 0 Å². The molecule has 134 valence electrons. The highest BCUT2D eigenvalue weighted by atomic mass is 32.1. The number of alkyl carbamates (subject to hydrolysis) is 1. The molecule has 0 saturated carbocycles. The minimum absolute atomic E-state index is 0.0952.